The summed E-state index contributed by atoms with van der Waals surface area (Å²) in [6.07, 6.45) is 9.99. The molecular formula is C29H27F2N3. The smallest absolute Gasteiger partial charge is 0.159 e. The highest BCUT2D eigenvalue weighted by molar-refractivity contribution is 5.69. The van der Waals surface area contributed by atoms with E-state index in [1.807, 2.05) is 35.2 Å². The molecule has 2 aromatic rings. The van der Waals surface area contributed by atoms with E-state index in [0.717, 1.165) is 5.56 Å². The Bertz CT molecular complexity index is 1300. The van der Waals surface area contributed by atoms with Crippen LogP contribution < -0.4 is 0 Å². The van der Waals surface area contributed by atoms with E-state index in [0.29, 0.717) is 30.8 Å². The van der Waals surface area contributed by atoms with Crippen LogP contribution in [0.1, 0.15) is 29.8 Å². The number of halogens is 2. The van der Waals surface area contributed by atoms with E-state index in [1.54, 1.807) is 12.2 Å². The minimum absolute atomic E-state index is 0.214. The van der Waals surface area contributed by atoms with Crippen molar-refractivity contribution in [3.63, 3.8) is 0 Å². The van der Waals surface area contributed by atoms with Crippen LogP contribution in [-0.4, -0.2) is 21.2 Å². The lowest BCUT2D eigenvalue weighted by molar-refractivity contribution is 0.459. The molecule has 2 aliphatic rings. The lowest BCUT2D eigenvalue weighted by atomic mass is 9.99. The van der Waals surface area contributed by atoms with E-state index in [1.165, 1.54) is 16.7 Å². The van der Waals surface area contributed by atoms with Crippen LogP contribution in [0.2, 0.25) is 0 Å². The van der Waals surface area contributed by atoms with Crippen LogP contribution in [0, 0.1) is 6.92 Å². The van der Waals surface area contributed by atoms with Crippen LogP contribution in [0.15, 0.2) is 97.6 Å². The fourth-order valence-electron chi connectivity index (χ4n) is 3.95. The lowest BCUT2D eigenvalue weighted by Crippen LogP contribution is -2.01. The number of imidazole rings is 1. The summed E-state index contributed by atoms with van der Waals surface area (Å²) in [6, 6.07) is 18.7. The molecule has 4 rings (SSSR count). The molecule has 0 amide bonds. The third-order valence-corrected chi connectivity index (χ3v) is 5.75. The average Bonchev–Trinajstić information content (AvgIpc) is 3.27. The molecule has 0 fully saturated rings. The number of hydrogen-bond acceptors (Lipinski definition) is 2. The van der Waals surface area contributed by atoms with Crippen molar-refractivity contribution in [2.24, 2.45) is 0 Å². The van der Waals surface area contributed by atoms with Gasteiger partial charge in [-0.25, -0.2) is 18.7 Å². The topological polar surface area (TPSA) is 30.7 Å². The van der Waals surface area contributed by atoms with Crippen LogP contribution in [0.3, 0.4) is 0 Å². The minimum Gasteiger partial charge on any atom is -0.348 e. The molecule has 5 heteroatoms. The minimum atomic E-state index is -1.16. The van der Waals surface area contributed by atoms with Gasteiger partial charge in [0.25, 0.3) is 0 Å². The van der Waals surface area contributed by atoms with E-state index >= 15 is 0 Å². The highest BCUT2D eigenvalue weighted by Crippen LogP contribution is 2.28. The number of fused-ring (bicyclic) bond motifs is 1. The molecule has 2 heterocycles. The van der Waals surface area contributed by atoms with E-state index in [2.05, 4.69) is 65.9 Å². The van der Waals surface area contributed by atoms with E-state index < -0.39 is 12.5 Å². The Hall–Kier alpha value is -3.86. The lowest BCUT2D eigenvalue weighted by Gasteiger charge is -2.10. The number of rotatable bonds is 9. The molecule has 34 heavy (non-hydrogen) atoms. The summed E-state index contributed by atoms with van der Waals surface area (Å²) in [5.41, 5.74) is 6.34. The molecular weight excluding hydrogens is 428 g/mol. The maximum Gasteiger partial charge on any atom is 0.159 e. The summed E-state index contributed by atoms with van der Waals surface area (Å²) in [4.78, 5) is 8.96. The summed E-state index contributed by atoms with van der Waals surface area (Å²) >= 11 is 0. The van der Waals surface area contributed by atoms with Crippen molar-refractivity contribution in [1.82, 2.24) is 14.5 Å². The highest BCUT2D eigenvalue weighted by atomic mass is 19.2. The second-order valence-electron chi connectivity index (χ2n) is 8.17. The van der Waals surface area contributed by atoms with Gasteiger partial charge in [0.2, 0.25) is 0 Å². The van der Waals surface area contributed by atoms with Crippen molar-refractivity contribution >= 4 is 5.57 Å². The number of hydrogen-bond donors (Lipinski definition) is 0. The zero-order valence-corrected chi connectivity index (χ0v) is 19.2. The predicted molar refractivity (Wildman–Crippen MR) is 135 cm³/mol. The Kier molecular flexibility index (Phi) is 7.43. The molecule has 2 aromatic carbocycles. The Morgan fingerprint density at radius 1 is 1.03 bits per heavy atom. The number of nitrogens with zero attached hydrogens (tertiary/aromatic N) is 3. The van der Waals surface area contributed by atoms with Gasteiger partial charge in [0, 0.05) is 24.5 Å². The Balaban J connectivity index is 1.54. The number of aromatic nitrogens is 3. The first-order valence-electron chi connectivity index (χ1n) is 11.3. The molecule has 0 aliphatic carbocycles. The average molecular weight is 456 g/mol. The van der Waals surface area contributed by atoms with Crippen molar-refractivity contribution in [2.75, 3.05) is 6.67 Å². The molecule has 0 atom stereocenters. The van der Waals surface area contributed by atoms with E-state index in [-0.39, 0.29) is 11.4 Å². The van der Waals surface area contributed by atoms with Gasteiger partial charge in [0.05, 0.1) is 5.69 Å². The number of pyridine rings is 1. The maximum atomic E-state index is 14.2. The van der Waals surface area contributed by atoms with Crippen LogP contribution in [-0.2, 0) is 6.54 Å². The van der Waals surface area contributed by atoms with Gasteiger partial charge in [-0.3, -0.25) is 0 Å². The Labute approximate surface area is 199 Å². The van der Waals surface area contributed by atoms with Crippen LogP contribution in [0.5, 0.6) is 0 Å². The monoisotopic (exact) mass is 455 g/mol. The van der Waals surface area contributed by atoms with Crippen LogP contribution >= 0.6 is 0 Å². The quantitative estimate of drug-likeness (QED) is 0.244. The van der Waals surface area contributed by atoms with Crippen molar-refractivity contribution < 1.29 is 8.78 Å². The second-order valence-corrected chi connectivity index (χ2v) is 8.17. The largest absolute Gasteiger partial charge is 0.348 e. The molecule has 0 unspecified atom stereocenters. The summed E-state index contributed by atoms with van der Waals surface area (Å²) < 4.78 is 29.4. The van der Waals surface area contributed by atoms with Crippen molar-refractivity contribution in [1.29, 1.82) is 0 Å². The fourth-order valence-corrected chi connectivity index (χ4v) is 3.95. The third kappa shape index (κ3) is 5.37. The Morgan fingerprint density at radius 2 is 1.79 bits per heavy atom. The molecule has 0 N–H and O–H groups in total. The van der Waals surface area contributed by atoms with Crippen molar-refractivity contribution in [3.8, 4) is 22.5 Å². The van der Waals surface area contributed by atoms with Crippen molar-refractivity contribution in [3.05, 3.63) is 115 Å². The van der Waals surface area contributed by atoms with Gasteiger partial charge < -0.3 is 4.57 Å². The summed E-state index contributed by atoms with van der Waals surface area (Å²) in [6.45, 7) is 5.23. The van der Waals surface area contributed by atoms with Crippen molar-refractivity contribution in [2.45, 2.75) is 26.3 Å². The molecule has 2 aliphatic heterocycles. The van der Waals surface area contributed by atoms with Gasteiger partial charge in [-0.2, -0.15) is 0 Å². The predicted octanol–water partition coefficient (Wildman–Crippen LogP) is 7.58. The fraction of sp³-hybridized carbons (Fsp3) is 0.172. The van der Waals surface area contributed by atoms with Crippen LogP contribution in [0.25, 0.3) is 28.1 Å². The summed E-state index contributed by atoms with van der Waals surface area (Å²) in [5, 5.41) is 0. The first-order valence-corrected chi connectivity index (χ1v) is 11.3. The summed E-state index contributed by atoms with van der Waals surface area (Å²) in [5.74, 6) is -0.568. The molecule has 3 nitrogen and oxygen atoms in total. The van der Waals surface area contributed by atoms with Gasteiger partial charge in [0.1, 0.15) is 18.2 Å². The zero-order chi connectivity index (χ0) is 23.9. The van der Waals surface area contributed by atoms with Gasteiger partial charge in [-0.05, 0) is 48.1 Å². The molecule has 0 spiro atoms. The van der Waals surface area contributed by atoms with Crippen LogP contribution in [0.4, 0.5) is 8.78 Å². The number of aryl methyl sites for hydroxylation is 1. The number of alkyl halides is 1. The Morgan fingerprint density at radius 3 is 2.53 bits per heavy atom. The van der Waals surface area contributed by atoms with Gasteiger partial charge in [0.15, 0.2) is 5.82 Å². The van der Waals surface area contributed by atoms with E-state index in [9.17, 15) is 8.78 Å². The first kappa shape index (κ1) is 23.3. The molecule has 0 radical (unpaired) electrons. The summed E-state index contributed by atoms with van der Waals surface area (Å²) in [7, 11) is 0. The molecule has 0 aromatic heterocycles. The number of allylic oxidation sites excluding steroid dienone is 5. The SMILES string of the molecule is C=C/C=C\CC/C(=C(/F)CF)c1nc2ccn(Cc3ccc(-c4ccccc4C)cc3)cc-2n1. The van der Waals surface area contributed by atoms with Gasteiger partial charge in [-0.1, -0.05) is 73.3 Å². The van der Waals surface area contributed by atoms with E-state index in [4.69, 9.17) is 0 Å². The standard InChI is InChI=1S/C29H27F2N3/c1-3-4-5-6-11-25(26(31)18-30)29-32-27-16-17-34(20-28(27)33-29)19-22-12-14-23(15-13-22)24-10-8-7-9-21(24)2/h3-5,7-10,12-17,20H,1,6,11,18-19H2,2H3/b5-4-,26-25-. The maximum absolute atomic E-state index is 14.2. The number of benzene rings is 2. The molecule has 0 saturated carbocycles. The zero-order valence-electron chi connectivity index (χ0n) is 19.2. The van der Waals surface area contributed by atoms with Gasteiger partial charge in [-0.15, -0.1) is 0 Å². The highest BCUT2D eigenvalue weighted by Gasteiger charge is 2.18. The second kappa shape index (κ2) is 10.8. The molecule has 0 saturated heterocycles. The van der Waals surface area contributed by atoms with Gasteiger partial charge >= 0.3 is 0 Å². The first-order chi connectivity index (χ1) is 16.6. The molecule has 0 bridgehead atoms. The molecule has 172 valence electrons. The normalized spacial score (nSPS) is 12.3. The third-order valence-electron chi connectivity index (χ3n) is 5.75.